The smallest absolute Gasteiger partial charge is 0.364 e. The molecule has 0 saturated carbocycles. The zero-order valence-electron chi connectivity index (χ0n) is 29.0. The van der Waals surface area contributed by atoms with Crippen molar-refractivity contribution in [2.24, 2.45) is 0 Å². The fraction of sp³-hybridized carbons (Fsp3) is 0.933. The largest absolute Gasteiger partial charge is 0.477 e. The van der Waals surface area contributed by atoms with Crippen LogP contribution < -0.4 is 0 Å². The summed E-state index contributed by atoms with van der Waals surface area (Å²) in [5, 5.41) is 125. The summed E-state index contributed by atoms with van der Waals surface area (Å²) in [6, 6.07) is 0. The van der Waals surface area contributed by atoms with Gasteiger partial charge in [-0.25, -0.2) is 9.59 Å². The van der Waals surface area contributed by atoms with Gasteiger partial charge in [-0.05, 0) is 0 Å². The third-order valence-corrected chi connectivity index (χ3v) is 10.3. The number of fused-ring (bicyclic) bond motifs is 2. The van der Waals surface area contributed by atoms with Gasteiger partial charge in [0.05, 0.1) is 26.4 Å². The van der Waals surface area contributed by atoms with Crippen LogP contribution in [-0.4, -0.2) is 234 Å². The molecule has 6 saturated heterocycles. The summed E-state index contributed by atoms with van der Waals surface area (Å²) < 4.78 is 61.2. The minimum atomic E-state index is -2.31. The fourth-order valence-electron chi connectivity index (χ4n) is 7.06. The summed E-state index contributed by atoms with van der Waals surface area (Å²) in [5.41, 5.74) is 0. The summed E-state index contributed by atoms with van der Waals surface area (Å²) in [5.74, 6) is -7.60. The van der Waals surface area contributed by atoms with E-state index < -0.39 is 173 Å². The second-order valence-corrected chi connectivity index (χ2v) is 14.1. The zero-order chi connectivity index (χ0) is 40.3. The molecular formula is C30H46O25. The van der Waals surface area contributed by atoms with Gasteiger partial charge in [-0.2, -0.15) is 0 Å². The molecule has 0 aliphatic carbocycles. The molecule has 6 heterocycles. The highest BCUT2D eigenvalue weighted by Gasteiger charge is 2.60. The number of ether oxygens (including phenoxy) is 11. The Kier molecular flexibility index (Phi) is 12.7. The van der Waals surface area contributed by atoms with E-state index in [1.54, 1.807) is 0 Å². The van der Waals surface area contributed by atoms with Crippen molar-refractivity contribution in [3.8, 4) is 0 Å². The van der Waals surface area contributed by atoms with E-state index in [-0.39, 0.29) is 0 Å². The van der Waals surface area contributed by atoms with Gasteiger partial charge in [-0.1, -0.05) is 0 Å². The third-order valence-electron chi connectivity index (χ3n) is 10.3. The molecular weight excluding hydrogens is 760 g/mol. The average molecular weight is 807 g/mol. The molecule has 0 unspecified atom stereocenters. The van der Waals surface area contributed by atoms with E-state index in [2.05, 4.69) is 0 Å². The van der Waals surface area contributed by atoms with Gasteiger partial charge >= 0.3 is 11.9 Å². The second-order valence-electron chi connectivity index (χ2n) is 14.1. The molecule has 55 heavy (non-hydrogen) atoms. The van der Waals surface area contributed by atoms with Crippen molar-refractivity contribution in [3.05, 3.63) is 0 Å². The normalized spacial score (nSPS) is 53.2. The van der Waals surface area contributed by atoms with Crippen molar-refractivity contribution in [2.75, 3.05) is 26.4 Å². The van der Waals surface area contributed by atoms with Crippen molar-refractivity contribution in [1.29, 1.82) is 0 Å². The average Bonchev–Trinajstić information content (AvgIpc) is 3.15. The first-order valence-electron chi connectivity index (χ1n) is 17.2. The first-order valence-corrected chi connectivity index (χ1v) is 17.2. The molecule has 22 atom stereocenters. The van der Waals surface area contributed by atoms with E-state index in [1.165, 1.54) is 0 Å². The van der Waals surface area contributed by atoms with Crippen molar-refractivity contribution in [3.63, 3.8) is 0 Å². The van der Waals surface area contributed by atoms with Crippen molar-refractivity contribution in [1.82, 2.24) is 0 Å². The Labute approximate surface area is 309 Å². The lowest BCUT2D eigenvalue weighted by Crippen LogP contribution is -2.71. The molecule has 25 heteroatoms. The van der Waals surface area contributed by atoms with E-state index in [0.29, 0.717) is 0 Å². The number of carboxylic acids is 2. The lowest BCUT2D eigenvalue weighted by molar-refractivity contribution is -0.424. The van der Waals surface area contributed by atoms with Gasteiger partial charge in [0.1, 0.15) is 97.7 Å². The summed E-state index contributed by atoms with van der Waals surface area (Å²) in [6.45, 7) is -0.621. The Hall–Kier alpha value is -1.90. The van der Waals surface area contributed by atoms with Crippen LogP contribution in [-0.2, 0) is 61.7 Å². The first-order chi connectivity index (χ1) is 25.8. The van der Waals surface area contributed by atoms with Crippen molar-refractivity contribution >= 4 is 11.9 Å². The standard InChI is InChI=1S/C30H46O25/c1-29(27(41)42)45-5-9-20(54-29)13(35)16(38)25(49-9)53-22-17(39)26(50-10-6-46-30(2,28(43)44)55-21(10)22)52-19-8(4-32)48-24(15(37)12(19)34)51-18-7(3-31)47-23(40)14(36)11(18)33/h7-26,31-40H,3-6H2,1-2H3,(H,41,42)(H,43,44)/t7-,8-,9-,10-,11-,12-,13-,14-,15-,16-,17-,18-,19-,20+,21-,22-,23-,24+,25+,26+,29-,30-/m1/s1. The van der Waals surface area contributed by atoms with Crippen LogP contribution in [0.2, 0.25) is 0 Å². The van der Waals surface area contributed by atoms with E-state index in [1.807, 2.05) is 0 Å². The predicted molar refractivity (Wildman–Crippen MR) is 161 cm³/mol. The summed E-state index contributed by atoms with van der Waals surface area (Å²) in [4.78, 5) is 23.7. The predicted octanol–water partition coefficient (Wildman–Crippen LogP) is -8.02. The van der Waals surface area contributed by atoms with Crippen LogP contribution in [0.4, 0.5) is 0 Å². The maximum atomic E-state index is 12.0. The molecule has 0 aromatic carbocycles. The number of aliphatic carboxylic acids is 2. The van der Waals surface area contributed by atoms with Gasteiger partial charge < -0.3 is 113 Å². The van der Waals surface area contributed by atoms with Crippen LogP contribution in [0.1, 0.15) is 13.8 Å². The molecule has 0 aromatic rings. The molecule has 12 N–H and O–H groups in total. The van der Waals surface area contributed by atoms with E-state index in [9.17, 15) is 70.9 Å². The van der Waals surface area contributed by atoms with Gasteiger partial charge in [-0.15, -0.1) is 0 Å². The topological polar surface area (TPSA) is 378 Å². The second kappa shape index (κ2) is 16.4. The minimum absolute atomic E-state index is 0.461. The van der Waals surface area contributed by atoms with Gasteiger partial charge in [0.2, 0.25) is 0 Å². The van der Waals surface area contributed by atoms with Crippen LogP contribution in [0.15, 0.2) is 0 Å². The number of hydrogen-bond donors (Lipinski definition) is 12. The Morgan fingerprint density at radius 3 is 1.49 bits per heavy atom. The number of hydrogen-bond acceptors (Lipinski definition) is 23. The van der Waals surface area contributed by atoms with Crippen LogP contribution >= 0.6 is 0 Å². The lowest BCUT2D eigenvalue weighted by atomic mass is 9.94. The van der Waals surface area contributed by atoms with Crippen LogP contribution in [0.3, 0.4) is 0 Å². The summed E-state index contributed by atoms with van der Waals surface area (Å²) in [7, 11) is 0. The van der Waals surface area contributed by atoms with Gasteiger partial charge in [0.15, 0.2) is 25.2 Å². The number of aliphatic hydroxyl groups excluding tert-OH is 10. The Balaban J connectivity index is 1.20. The molecule has 25 nitrogen and oxygen atoms in total. The fourth-order valence-corrected chi connectivity index (χ4v) is 7.06. The zero-order valence-corrected chi connectivity index (χ0v) is 29.0. The highest BCUT2D eigenvalue weighted by atomic mass is 16.8. The number of aliphatic hydroxyl groups is 10. The molecule has 0 spiro atoms. The molecule has 6 aliphatic rings. The summed E-state index contributed by atoms with van der Waals surface area (Å²) in [6.07, 6.45) is -34.9. The lowest BCUT2D eigenvalue weighted by Gasteiger charge is -2.53. The van der Waals surface area contributed by atoms with Crippen molar-refractivity contribution < 1.29 is 123 Å². The molecule has 0 aromatic heterocycles. The molecule has 0 amide bonds. The van der Waals surface area contributed by atoms with Gasteiger partial charge in [0.25, 0.3) is 11.6 Å². The first kappa shape index (κ1) is 42.7. The monoisotopic (exact) mass is 806 g/mol. The van der Waals surface area contributed by atoms with E-state index in [4.69, 9.17) is 52.1 Å². The Morgan fingerprint density at radius 2 is 0.964 bits per heavy atom. The maximum Gasteiger partial charge on any atom is 0.364 e. The highest BCUT2D eigenvalue weighted by Crippen LogP contribution is 2.40. The van der Waals surface area contributed by atoms with Crippen LogP contribution in [0.25, 0.3) is 0 Å². The molecule has 6 rings (SSSR count). The van der Waals surface area contributed by atoms with E-state index in [0.717, 1.165) is 13.8 Å². The SMILES string of the molecule is C[C@@]1(C(=O)O)OC[C@H]2O[C@@H](O[C@@H]3[C@@H](O)[C@H](O[C@H]4[C@H](O)[C@@H](O)[C@H](O[C@H]5[C@H](O)[C@@H](O)[C@H](O)O[C@@H]5CO)O[C@@H]4CO)O[C@@H]4CO[C@@](C)(C(=O)O)O[C@@H]34)[C@H](O)[C@@H](O)[C@H]2O1. The molecule has 6 fully saturated rings. The van der Waals surface area contributed by atoms with Crippen LogP contribution in [0, 0.1) is 0 Å². The van der Waals surface area contributed by atoms with Gasteiger partial charge in [0, 0.05) is 13.8 Å². The Morgan fingerprint density at radius 1 is 0.545 bits per heavy atom. The number of carbonyl (C=O) groups is 2. The van der Waals surface area contributed by atoms with Crippen molar-refractivity contribution in [2.45, 2.75) is 148 Å². The van der Waals surface area contributed by atoms with Gasteiger partial charge in [-0.3, -0.25) is 0 Å². The quantitative estimate of drug-likeness (QED) is 0.0975. The number of rotatable bonds is 10. The summed E-state index contributed by atoms with van der Waals surface area (Å²) >= 11 is 0. The molecule has 6 aliphatic heterocycles. The highest BCUT2D eigenvalue weighted by molar-refractivity contribution is 5.75. The maximum absolute atomic E-state index is 12.0. The molecule has 0 radical (unpaired) electrons. The third kappa shape index (κ3) is 7.97. The number of carboxylic acid groups (broad SMARTS) is 2. The van der Waals surface area contributed by atoms with Crippen LogP contribution in [0.5, 0.6) is 0 Å². The minimum Gasteiger partial charge on any atom is -0.477 e. The van der Waals surface area contributed by atoms with E-state index >= 15 is 0 Å². The molecule has 316 valence electrons. The molecule has 0 bridgehead atoms. The Bertz CT molecular complexity index is 1350.